The second-order valence-corrected chi connectivity index (χ2v) is 8.84. The van der Waals surface area contributed by atoms with Crippen LogP contribution in [0.4, 0.5) is 0 Å². The van der Waals surface area contributed by atoms with Gasteiger partial charge in [0.15, 0.2) is 0 Å². The maximum absolute atomic E-state index is 8.38. The molecule has 3 heteroatoms. The summed E-state index contributed by atoms with van der Waals surface area (Å²) in [6.07, 6.45) is 0. The van der Waals surface area contributed by atoms with Gasteiger partial charge in [0.1, 0.15) is 0 Å². The standard InChI is InChI=1S/C29H21ClN2/c1-29(2)24-11-7-6-10-21(24)22-14-12-19(16-25(22)29)20-13-15-23-26(17-20)31-28(30)32-27(23)18-8-4-3-5-9-18/h3-17H,1-2H3/i3D,4D,5D,8D,9D. The molecular formula is C29H21ClN2. The molecule has 0 aliphatic heterocycles. The van der Waals surface area contributed by atoms with Crippen molar-refractivity contribution < 1.29 is 6.85 Å². The lowest BCUT2D eigenvalue weighted by atomic mass is 9.81. The van der Waals surface area contributed by atoms with Crippen LogP contribution in [0, 0.1) is 0 Å². The van der Waals surface area contributed by atoms with Gasteiger partial charge < -0.3 is 0 Å². The zero-order chi connectivity index (χ0) is 26.2. The van der Waals surface area contributed by atoms with E-state index in [9.17, 15) is 0 Å². The minimum Gasteiger partial charge on any atom is -0.218 e. The Morgan fingerprint density at radius 2 is 1.47 bits per heavy atom. The second kappa shape index (κ2) is 7.01. The lowest BCUT2D eigenvalue weighted by Crippen LogP contribution is -2.14. The third-order valence-corrected chi connectivity index (χ3v) is 6.49. The van der Waals surface area contributed by atoms with Gasteiger partial charge in [-0.05, 0) is 63.2 Å². The van der Waals surface area contributed by atoms with Crippen molar-refractivity contribution in [2.24, 2.45) is 0 Å². The first-order chi connectivity index (χ1) is 17.6. The fraction of sp³-hybridized carbons (Fsp3) is 0.103. The number of halogens is 1. The van der Waals surface area contributed by atoms with Crippen LogP contribution in [0.3, 0.4) is 0 Å². The van der Waals surface area contributed by atoms with E-state index < -0.39 is 18.1 Å². The Morgan fingerprint density at radius 3 is 2.31 bits per heavy atom. The highest BCUT2D eigenvalue weighted by Crippen LogP contribution is 2.49. The van der Waals surface area contributed by atoms with Crippen molar-refractivity contribution in [3.63, 3.8) is 0 Å². The van der Waals surface area contributed by atoms with Gasteiger partial charge >= 0.3 is 0 Å². The van der Waals surface area contributed by atoms with Crippen LogP contribution in [0.2, 0.25) is 5.28 Å². The predicted molar refractivity (Wildman–Crippen MR) is 133 cm³/mol. The molecule has 0 amide bonds. The molecule has 0 unspecified atom stereocenters. The number of hydrogen-bond donors (Lipinski definition) is 0. The summed E-state index contributed by atoms with van der Waals surface area (Å²) in [5, 5.41) is 0.498. The molecule has 0 fully saturated rings. The van der Waals surface area contributed by atoms with Gasteiger partial charge in [0.25, 0.3) is 0 Å². The Labute approximate surface area is 199 Å². The summed E-state index contributed by atoms with van der Waals surface area (Å²) in [7, 11) is 0. The van der Waals surface area contributed by atoms with Gasteiger partial charge in [-0.1, -0.05) is 86.5 Å². The highest BCUT2D eigenvalue weighted by molar-refractivity contribution is 6.28. The number of aromatic nitrogens is 2. The van der Waals surface area contributed by atoms with Crippen LogP contribution in [0.1, 0.15) is 31.8 Å². The van der Waals surface area contributed by atoms with Crippen molar-refractivity contribution in [3.8, 4) is 33.5 Å². The minimum absolute atomic E-state index is 0.00472. The molecular weight excluding hydrogens is 412 g/mol. The van der Waals surface area contributed by atoms with Crippen molar-refractivity contribution in [2.45, 2.75) is 19.3 Å². The van der Waals surface area contributed by atoms with E-state index in [0.717, 1.165) is 11.1 Å². The summed E-state index contributed by atoms with van der Waals surface area (Å²) in [4.78, 5) is 8.69. The zero-order valence-electron chi connectivity index (χ0n) is 22.5. The molecule has 1 aliphatic carbocycles. The van der Waals surface area contributed by atoms with Gasteiger partial charge in [0, 0.05) is 16.4 Å². The Bertz CT molecular complexity index is 1750. The molecule has 5 aromatic rings. The number of nitrogens with zero attached hydrogens (tertiary/aromatic N) is 2. The minimum atomic E-state index is -0.452. The van der Waals surface area contributed by atoms with Gasteiger partial charge in [-0.3, -0.25) is 0 Å². The normalized spacial score (nSPS) is 15.9. The van der Waals surface area contributed by atoms with Gasteiger partial charge in [-0.15, -0.1) is 0 Å². The molecule has 0 spiro atoms. The molecule has 32 heavy (non-hydrogen) atoms. The first-order valence-corrected chi connectivity index (χ1v) is 10.8. The Hall–Kier alpha value is -3.49. The Morgan fingerprint density at radius 1 is 0.750 bits per heavy atom. The average molecular weight is 438 g/mol. The molecule has 0 saturated heterocycles. The maximum atomic E-state index is 8.38. The highest BCUT2D eigenvalue weighted by atomic mass is 35.5. The van der Waals surface area contributed by atoms with E-state index in [2.05, 4.69) is 66.3 Å². The SMILES string of the molecule is [2H]c1c([2H])c([2H])c(-c2nc(Cl)nc3cc(-c4ccc5c(c4)C(C)(C)c4ccccc4-5)ccc23)c([2H])c1[2H]. The van der Waals surface area contributed by atoms with Crippen molar-refractivity contribution in [2.75, 3.05) is 0 Å². The fourth-order valence-electron chi connectivity index (χ4n) is 4.72. The van der Waals surface area contributed by atoms with Crippen LogP contribution in [-0.4, -0.2) is 9.97 Å². The summed E-state index contributed by atoms with van der Waals surface area (Å²) in [5.74, 6) is 0. The molecule has 0 radical (unpaired) electrons. The molecule has 1 aliphatic rings. The van der Waals surface area contributed by atoms with E-state index >= 15 is 0 Å². The third kappa shape index (κ3) is 2.87. The van der Waals surface area contributed by atoms with Crippen molar-refractivity contribution >= 4 is 22.5 Å². The fourth-order valence-corrected chi connectivity index (χ4v) is 4.90. The van der Waals surface area contributed by atoms with Gasteiger partial charge in [0.2, 0.25) is 5.28 Å². The van der Waals surface area contributed by atoms with Crippen LogP contribution in [-0.2, 0) is 5.41 Å². The summed E-state index contributed by atoms with van der Waals surface area (Å²) < 4.78 is 40.8. The van der Waals surface area contributed by atoms with Crippen molar-refractivity contribution in [1.29, 1.82) is 0 Å². The van der Waals surface area contributed by atoms with Crippen molar-refractivity contribution in [1.82, 2.24) is 9.97 Å². The molecule has 1 heterocycles. The first kappa shape index (κ1) is 14.5. The number of benzene rings is 4. The molecule has 4 aromatic carbocycles. The Kier molecular flexibility index (Phi) is 3.19. The lowest BCUT2D eigenvalue weighted by Gasteiger charge is -2.22. The molecule has 0 saturated carbocycles. The Balaban J connectivity index is 1.53. The van der Waals surface area contributed by atoms with Gasteiger partial charge in [-0.25, -0.2) is 9.97 Å². The second-order valence-electron chi connectivity index (χ2n) is 8.50. The molecule has 2 nitrogen and oxygen atoms in total. The van der Waals surface area contributed by atoms with E-state index in [1.54, 1.807) is 0 Å². The number of fused-ring (bicyclic) bond motifs is 4. The lowest BCUT2D eigenvalue weighted by molar-refractivity contribution is 0.660. The summed E-state index contributed by atoms with van der Waals surface area (Å²) in [6.45, 7) is 4.47. The molecule has 0 atom stereocenters. The van der Waals surface area contributed by atoms with E-state index in [1.165, 1.54) is 22.3 Å². The van der Waals surface area contributed by atoms with Gasteiger partial charge in [-0.2, -0.15) is 0 Å². The van der Waals surface area contributed by atoms with E-state index in [-0.39, 0.29) is 34.0 Å². The molecule has 1 aromatic heterocycles. The molecule has 0 N–H and O–H groups in total. The summed E-state index contributed by atoms with van der Waals surface area (Å²) in [6, 6.07) is 18.7. The number of rotatable bonds is 2. The monoisotopic (exact) mass is 437 g/mol. The summed E-state index contributed by atoms with van der Waals surface area (Å²) in [5.41, 5.74) is 7.64. The van der Waals surface area contributed by atoms with E-state index in [4.69, 9.17) is 18.5 Å². The summed E-state index contributed by atoms with van der Waals surface area (Å²) >= 11 is 6.28. The molecule has 154 valence electrons. The quantitative estimate of drug-likeness (QED) is 0.262. The van der Waals surface area contributed by atoms with Crippen LogP contribution in [0.5, 0.6) is 0 Å². The highest BCUT2D eigenvalue weighted by Gasteiger charge is 2.35. The molecule has 0 bridgehead atoms. The number of hydrogen-bond acceptors (Lipinski definition) is 2. The van der Waals surface area contributed by atoms with Crippen molar-refractivity contribution in [3.05, 3.63) is 107 Å². The van der Waals surface area contributed by atoms with Crippen LogP contribution < -0.4 is 0 Å². The van der Waals surface area contributed by atoms with E-state index in [1.807, 2.05) is 18.2 Å². The third-order valence-electron chi connectivity index (χ3n) is 6.32. The zero-order valence-corrected chi connectivity index (χ0v) is 18.3. The largest absolute Gasteiger partial charge is 0.223 e. The molecule has 6 rings (SSSR count). The predicted octanol–water partition coefficient (Wildman–Crippen LogP) is 7.92. The van der Waals surface area contributed by atoms with Gasteiger partial charge in [0.05, 0.1) is 18.1 Å². The topological polar surface area (TPSA) is 25.8 Å². The first-order valence-electron chi connectivity index (χ1n) is 12.9. The van der Waals surface area contributed by atoms with Crippen LogP contribution in [0.15, 0.2) is 90.9 Å². The van der Waals surface area contributed by atoms with Crippen LogP contribution >= 0.6 is 11.6 Å². The maximum Gasteiger partial charge on any atom is 0.223 e. The van der Waals surface area contributed by atoms with E-state index in [0.29, 0.717) is 10.9 Å². The van der Waals surface area contributed by atoms with Crippen LogP contribution in [0.25, 0.3) is 44.4 Å². The smallest absolute Gasteiger partial charge is 0.218 e. The average Bonchev–Trinajstić information content (AvgIpc) is 3.12.